The van der Waals surface area contributed by atoms with Crippen molar-refractivity contribution in [2.24, 2.45) is 0 Å². The van der Waals surface area contributed by atoms with Gasteiger partial charge < -0.3 is 9.47 Å². The van der Waals surface area contributed by atoms with Gasteiger partial charge in [-0.15, -0.1) is 0 Å². The number of para-hydroxylation sites is 2. The highest BCUT2D eigenvalue weighted by Crippen LogP contribution is 2.40. The lowest BCUT2D eigenvalue weighted by Gasteiger charge is -2.26. The molecular formula is C56H38N2. The van der Waals surface area contributed by atoms with E-state index in [1.54, 1.807) is 0 Å². The molecule has 0 spiro atoms. The Morgan fingerprint density at radius 3 is 1.29 bits per heavy atom. The zero-order valence-corrected chi connectivity index (χ0v) is 31.8. The Kier molecular flexibility index (Phi) is 8.19. The highest BCUT2D eigenvalue weighted by Gasteiger charge is 2.17. The molecular weight excluding hydrogens is 701 g/mol. The Bertz CT molecular complexity index is 3200. The first-order valence-electron chi connectivity index (χ1n) is 19.9. The summed E-state index contributed by atoms with van der Waals surface area (Å²) in [6.07, 6.45) is 0. The average Bonchev–Trinajstić information content (AvgIpc) is 3.64. The van der Waals surface area contributed by atoms with Gasteiger partial charge in [0.1, 0.15) is 0 Å². The summed E-state index contributed by atoms with van der Waals surface area (Å²) in [5.74, 6) is 0. The Balaban J connectivity index is 0.992. The maximum atomic E-state index is 2.38. The molecule has 2 nitrogen and oxygen atoms in total. The highest BCUT2D eigenvalue weighted by atomic mass is 15.1. The number of anilines is 3. The lowest BCUT2D eigenvalue weighted by Crippen LogP contribution is -2.10. The molecule has 11 rings (SSSR count). The molecule has 1 heterocycles. The maximum absolute atomic E-state index is 2.38. The van der Waals surface area contributed by atoms with Crippen LogP contribution in [0.2, 0.25) is 0 Å². The predicted octanol–water partition coefficient (Wildman–Crippen LogP) is 15.6. The molecule has 0 atom stereocenters. The molecule has 2 heteroatoms. The first kappa shape index (κ1) is 33.6. The molecule has 0 fully saturated rings. The van der Waals surface area contributed by atoms with Crippen molar-refractivity contribution in [3.8, 4) is 39.1 Å². The van der Waals surface area contributed by atoms with Gasteiger partial charge in [-0.1, -0.05) is 170 Å². The maximum Gasteiger partial charge on any atom is 0.0541 e. The van der Waals surface area contributed by atoms with Crippen molar-refractivity contribution in [2.75, 3.05) is 4.90 Å². The van der Waals surface area contributed by atoms with Crippen LogP contribution in [0.3, 0.4) is 0 Å². The van der Waals surface area contributed by atoms with Crippen molar-refractivity contribution in [2.45, 2.75) is 0 Å². The van der Waals surface area contributed by atoms with E-state index in [1.165, 1.54) is 76.7 Å². The van der Waals surface area contributed by atoms with Gasteiger partial charge in [0.2, 0.25) is 0 Å². The molecule has 0 N–H and O–H groups in total. The van der Waals surface area contributed by atoms with Gasteiger partial charge in [0.15, 0.2) is 0 Å². The molecule has 0 saturated carbocycles. The van der Waals surface area contributed by atoms with Gasteiger partial charge in [-0.25, -0.2) is 0 Å². The number of benzene rings is 10. The van der Waals surface area contributed by atoms with E-state index in [9.17, 15) is 0 Å². The minimum Gasteiger partial charge on any atom is -0.310 e. The van der Waals surface area contributed by atoms with Crippen molar-refractivity contribution in [3.63, 3.8) is 0 Å². The summed E-state index contributed by atoms with van der Waals surface area (Å²) in [7, 11) is 0. The Morgan fingerprint density at radius 1 is 0.276 bits per heavy atom. The molecule has 0 saturated heterocycles. The van der Waals surface area contributed by atoms with Crippen LogP contribution in [-0.2, 0) is 0 Å². The summed E-state index contributed by atoms with van der Waals surface area (Å²) in [6.45, 7) is 0. The predicted molar refractivity (Wildman–Crippen MR) is 247 cm³/mol. The van der Waals surface area contributed by atoms with Crippen molar-refractivity contribution >= 4 is 60.4 Å². The highest BCUT2D eigenvalue weighted by molar-refractivity contribution is 6.09. The molecule has 0 bridgehead atoms. The SMILES string of the molecule is c1cc(-c2cccc3ccccc23)cc(N(c2ccc(-c3ccc(-c4cccc5ccccc45)cc3)cc2)c2ccc(-n3c4ccccc4c4ccccc43)cc2)c1. The normalized spacial score (nSPS) is 11.4. The largest absolute Gasteiger partial charge is 0.310 e. The fraction of sp³-hybridized carbons (Fsp3) is 0. The van der Waals surface area contributed by atoms with Crippen LogP contribution < -0.4 is 4.90 Å². The minimum atomic E-state index is 1.09. The van der Waals surface area contributed by atoms with E-state index in [0.29, 0.717) is 0 Å². The van der Waals surface area contributed by atoms with Gasteiger partial charge in [-0.3, -0.25) is 0 Å². The lowest BCUT2D eigenvalue weighted by molar-refractivity contribution is 1.17. The summed E-state index contributed by atoms with van der Waals surface area (Å²) in [6, 6.07) is 83.6. The third kappa shape index (κ3) is 5.82. The third-order valence-corrected chi connectivity index (χ3v) is 11.6. The van der Waals surface area contributed by atoms with Crippen molar-refractivity contribution in [1.82, 2.24) is 4.57 Å². The molecule has 0 aliphatic carbocycles. The summed E-state index contributed by atoms with van der Waals surface area (Å²) in [4.78, 5) is 2.37. The van der Waals surface area contributed by atoms with Crippen LogP contribution in [0.15, 0.2) is 231 Å². The standard InChI is InChI=1S/C56H38N2/c1-3-18-49-41(12-1)14-10-22-51(49)43-28-26-39(27-29-43)40-30-32-45(33-31-40)57(48-17-9-16-44(38-48)52-23-11-15-42-13-2-4-19-50(42)52)46-34-36-47(37-35-46)58-55-24-7-5-20-53(55)54-21-6-8-25-56(54)58/h1-38H. The van der Waals surface area contributed by atoms with Gasteiger partial charge in [0.05, 0.1) is 11.0 Å². The van der Waals surface area contributed by atoms with E-state index >= 15 is 0 Å². The molecule has 0 unspecified atom stereocenters. The second kappa shape index (κ2) is 14.1. The average molecular weight is 739 g/mol. The molecule has 10 aromatic carbocycles. The second-order valence-corrected chi connectivity index (χ2v) is 14.9. The molecule has 58 heavy (non-hydrogen) atoms. The monoisotopic (exact) mass is 738 g/mol. The number of rotatable bonds is 7. The van der Waals surface area contributed by atoms with Crippen LogP contribution in [0.4, 0.5) is 17.1 Å². The van der Waals surface area contributed by atoms with Gasteiger partial charge >= 0.3 is 0 Å². The molecule has 11 aromatic rings. The van der Waals surface area contributed by atoms with E-state index in [4.69, 9.17) is 0 Å². The smallest absolute Gasteiger partial charge is 0.0541 e. The minimum absolute atomic E-state index is 1.09. The fourth-order valence-corrected chi connectivity index (χ4v) is 8.81. The zero-order chi connectivity index (χ0) is 38.4. The van der Waals surface area contributed by atoms with Crippen molar-refractivity contribution in [3.05, 3.63) is 231 Å². The molecule has 0 radical (unpaired) electrons. The second-order valence-electron chi connectivity index (χ2n) is 14.9. The van der Waals surface area contributed by atoms with E-state index in [2.05, 4.69) is 240 Å². The molecule has 0 amide bonds. The number of aromatic nitrogens is 1. The summed E-state index contributed by atoms with van der Waals surface area (Å²) < 4.78 is 2.38. The third-order valence-electron chi connectivity index (χ3n) is 11.6. The van der Waals surface area contributed by atoms with Crippen LogP contribution >= 0.6 is 0 Å². The Hall–Kier alpha value is -7.68. The summed E-state index contributed by atoms with van der Waals surface area (Å²) in [5, 5.41) is 7.54. The van der Waals surface area contributed by atoms with Crippen LogP contribution in [0, 0.1) is 0 Å². The van der Waals surface area contributed by atoms with E-state index < -0.39 is 0 Å². The molecule has 1 aromatic heterocycles. The number of fused-ring (bicyclic) bond motifs is 5. The van der Waals surface area contributed by atoms with Gasteiger partial charge in [0.25, 0.3) is 0 Å². The molecule has 272 valence electrons. The molecule has 0 aliphatic rings. The van der Waals surface area contributed by atoms with Crippen LogP contribution in [0.1, 0.15) is 0 Å². The van der Waals surface area contributed by atoms with E-state index in [-0.39, 0.29) is 0 Å². The van der Waals surface area contributed by atoms with Crippen molar-refractivity contribution < 1.29 is 0 Å². The van der Waals surface area contributed by atoms with Gasteiger partial charge in [-0.2, -0.15) is 0 Å². The fourth-order valence-electron chi connectivity index (χ4n) is 8.81. The molecule has 0 aliphatic heterocycles. The van der Waals surface area contributed by atoms with Crippen LogP contribution in [-0.4, -0.2) is 4.57 Å². The number of hydrogen-bond donors (Lipinski definition) is 0. The van der Waals surface area contributed by atoms with Gasteiger partial charge in [-0.05, 0) is 116 Å². The Labute approximate surface area is 338 Å². The number of nitrogens with zero attached hydrogens (tertiary/aromatic N) is 2. The summed E-state index contributed by atoms with van der Waals surface area (Å²) >= 11 is 0. The first-order valence-corrected chi connectivity index (χ1v) is 19.9. The number of hydrogen-bond acceptors (Lipinski definition) is 1. The van der Waals surface area contributed by atoms with Crippen LogP contribution in [0.25, 0.3) is 82.4 Å². The summed E-state index contributed by atoms with van der Waals surface area (Å²) in [5.41, 5.74) is 14.1. The quantitative estimate of drug-likeness (QED) is 0.158. The van der Waals surface area contributed by atoms with E-state index in [1.807, 2.05) is 0 Å². The Morgan fingerprint density at radius 2 is 0.707 bits per heavy atom. The van der Waals surface area contributed by atoms with Crippen LogP contribution in [0.5, 0.6) is 0 Å². The first-order chi connectivity index (χ1) is 28.8. The lowest BCUT2D eigenvalue weighted by atomic mass is 9.96. The van der Waals surface area contributed by atoms with Gasteiger partial charge in [0, 0.05) is 33.5 Å². The zero-order valence-electron chi connectivity index (χ0n) is 31.8. The van der Waals surface area contributed by atoms with Crippen molar-refractivity contribution in [1.29, 1.82) is 0 Å². The van der Waals surface area contributed by atoms with E-state index in [0.717, 1.165) is 22.7 Å². The topological polar surface area (TPSA) is 8.17 Å².